The molecule has 5 aromatic rings. The first-order chi connectivity index (χ1) is 12.8. The highest BCUT2D eigenvalue weighted by Gasteiger charge is 2.13. The summed E-state index contributed by atoms with van der Waals surface area (Å²) in [5.41, 5.74) is 6.04. The zero-order valence-electron chi connectivity index (χ0n) is 14.3. The monoisotopic (exact) mass is 339 g/mol. The highest BCUT2D eigenvalue weighted by Crippen LogP contribution is 2.32. The van der Waals surface area contributed by atoms with Crippen molar-refractivity contribution in [3.8, 4) is 11.4 Å². The lowest BCUT2D eigenvalue weighted by Gasteiger charge is -2.10. The molecule has 2 heterocycles. The number of aromatic nitrogens is 5. The van der Waals surface area contributed by atoms with Gasteiger partial charge in [-0.05, 0) is 47.5 Å². The minimum Gasteiger partial charge on any atom is -0.336 e. The Morgan fingerprint density at radius 1 is 0.885 bits per heavy atom. The van der Waals surface area contributed by atoms with Gasteiger partial charge >= 0.3 is 0 Å². The summed E-state index contributed by atoms with van der Waals surface area (Å²) in [5.74, 6) is 0.614. The van der Waals surface area contributed by atoms with E-state index in [4.69, 9.17) is 0 Å². The fourth-order valence-corrected chi connectivity index (χ4v) is 3.61. The molecule has 2 aromatic heterocycles. The van der Waals surface area contributed by atoms with Gasteiger partial charge in [0, 0.05) is 33.9 Å². The van der Waals surface area contributed by atoms with Gasteiger partial charge in [0.1, 0.15) is 0 Å². The van der Waals surface area contributed by atoms with Crippen molar-refractivity contribution in [2.75, 3.05) is 0 Å². The molecule has 0 atom stereocenters. The summed E-state index contributed by atoms with van der Waals surface area (Å²) < 4.78 is 2.38. The minimum atomic E-state index is 0.614. The first kappa shape index (κ1) is 14.8. The summed E-state index contributed by atoms with van der Waals surface area (Å²) in [6.07, 6.45) is 0. The molecule has 5 nitrogen and oxygen atoms in total. The second kappa shape index (κ2) is 5.81. The van der Waals surface area contributed by atoms with Crippen LogP contribution in [-0.4, -0.2) is 25.2 Å². The van der Waals surface area contributed by atoms with Crippen molar-refractivity contribution in [2.45, 2.75) is 13.5 Å². The van der Waals surface area contributed by atoms with Gasteiger partial charge in [-0.25, -0.2) is 0 Å². The summed E-state index contributed by atoms with van der Waals surface area (Å²) >= 11 is 0. The lowest BCUT2D eigenvalue weighted by Crippen LogP contribution is -2.01. The highest BCUT2D eigenvalue weighted by atomic mass is 15.5. The van der Waals surface area contributed by atoms with Crippen LogP contribution in [0.2, 0.25) is 0 Å². The standard InChI is InChI=1S/C21H17N5/c1-14-6-2-3-7-16(14)13-26-19-9-5-4-8-17(19)18-12-15(10-11-20(18)26)21-22-24-25-23-21/h2-12H,13H2,1H3,(H,22,23,24,25). The third kappa shape index (κ3) is 2.29. The fourth-order valence-electron chi connectivity index (χ4n) is 3.61. The van der Waals surface area contributed by atoms with E-state index in [2.05, 4.69) is 98.8 Å². The van der Waals surface area contributed by atoms with Crippen LogP contribution in [-0.2, 0) is 6.54 Å². The fraction of sp³-hybridized carbons (Fsp3) is 0.0952. The second-order valence-electron chi connectivity index (χ2n) is 6.50. The molecular weight excluding hydrogens is 322 g/mol. The third-order valence-electron chi connectivity index (χ3n) is 4.97. The number of hydrogen-bond acceptors (Lipinski definition) is 3. The molecule has 1 N–H and O–H groups in total. The topological polar surface area (TPSA) is 59.4 Å². The molecule has 3 aromatic carbocycles. The second-order valence-corrected chi connectivity index (χ2v) is 6.50. The van der Waals surface area contributed by atoms with Crippen LogP contribution in [0.1, 0.15) is 11.1 Å². The van der Waals surface area contributed by atoms with Crippen molar-refractivity contribution in [3.05, 3.63) is 77.9 Å². The van der Waals surface area contributed by atoms with Crippen molar-refractivity contribution in [1.82, 2.24) is 25.2 Å². The molecule has 5 heteroatoms. The maximum atomic E-state index is 4.11. The van der Waals surface area contributed by atoms with E-state index in [0.29, 0.717) is 5.82 Å². The first-order valence-electron chi connectivity index (χ1n) is 8.60. The minimum absolute atomic E-state index is 0.614. The van der Waals surface area contributed by atoms with Crippen molar-refractivity contribution < 1.29 is 0 Å². The van der Waals surface area contributed by atoms with E-state index < -0.39 is 0 Å². The maximum absolute atomic E-state index is 4.11. The molecule has 0 aliphatic heterocycles. The SMILES string of the molecule is Cc1ccccc1Cn1c2ccccc2c2cc(-c3nn[nH]n3)ccc21. The Morgan fingerprint density at radius 3 is 2.54 bits per heavy atom. The van der Waals surface area contributed by atoms with Gasteiger partial charge in [0.2, 0.25) is 5.82 Å². The Kier molecular flexibility index (Phi) is 3.31. The number of nitrogens with zero attached hydrogens (tertiary/aromatic N) is 4. The molecule has 0 saturated heterocycles. The van der Waals surface area contributed by atoms with Gasteiger partial charge in [0.25, 0.3) is 0 Å². The van der Waals surface area contributed by atoms with Crippen LogP contribution < -0.4 is 0 Å². The first-order valence-corrected chi connectivity index (χ1v) is 8.60. The Morgan fingerprint density at radius 2 is 1.69 bits per heavy atom. The van der Waals surface area contributed by atoms with Crippen LogP contribution in [0.3, 0.4) is 0 Å². The molecule has 5 rings (SSSR count). The van der Waals surface area contributed by atoms with Gasteiger partial charge < -0.3 is 4.57 Å². The van der Waals surface area contributed by atoms with Crippen LogP contribution in [0.5, 0.6) is 0 Å². The summed E-state index contributed by atoms with van der Waals surface area (Å²) in [6, 6.07) is 23.4. The Balaban J connectivity index is 1.75. The maximum Gasteiger partial charge on any atom is 0.204 e. The van der Waals surface area contributed by atoms with Gasteiger partial charge in [0.05, 0.1) is 0 Å². The molecule has 0 amide bonds. The Bertz CT molecular complexity index is 1220. The number of benzene rings is 3. The van der Waals surface area contributed by atoms with E-state index in [0.717, 1.165) is 12.1 Å². The molecule has 0 radical (unpaired) electrons. The van der Waals surface area contributed by atoms with Gasteiger partial charge in [-0.1, -0.05) is 42.5 Å². The normalized spacial score (nSPS) is 11.4. The molecule has 0 unspecified atom stereocenters. The average molecular weight is 339 g/mol. The molecule has 0 spiro atoms. The van der Waals surface area contributed by atoms with Gasteiger partial charge in [-0.15, -0.1) is 10.2 Å². The number of fused-ring (bicyclic) bond motifs is 3. The summed E-state index contributed by atoms with van der Waals surface area (Å²) in [7, 11) is 0. The summed E-state index contributed by atoms with van der Waals surface area (Å²) in [5, 5.41) is 16.8. The van der Waals surface area contributed by atoms with E-state index in [1.807, 2.05) is 0 Å². The van der Waals surface area contributed by atoms with Crippen LogP contribution in [0, 0.1) is 6.92 Å². The van der Waals surface area contributed by atoms with Crippen LogP contribution in [0.25, 0.3) is 33.2 Å². The summed E-state index contributed by atoms with van der Waals surface area (Å²) in [6.45, 7) is 3.01. The number of nitrogens with one attached hydrogen (secondary N) is 1. The number of hydrogen-bond donors (Lipinski definition) is 1. The van der Waals surface area contributed by atoms with E-state index in [1.165, 1.54) is 32.9 Å². The quantitative estimate of drug-likeness (QED) is 0.532. The molecule has 26 heavy (non-hydrogen) atoms. The molecule has 0 aliphatic carbocycles. The largest absolute Gasteiger partial charge is 0.336 e. The highest BCUT2D eigenvalue weighted by molar-refractivity contribution is 6.09. The predicted molar refractivity (Wildman–Crippen MR) is 103 cm³/mol. The Labute approximate surface area is 150 Å². The number of para-hydroxylation sites is 1. The lowest BCUT2D eigenvalue weighted by atomic mass is 10.1. The summed E-state index contributed by atoms with van der Waals surface area (Å²) in [4.78, 5) is 0. The molecule has 0 bridgehead atoms. The zero-order chi connectivity index (χ0) is 17.5. The van der Waals surface area contributed by atoms with Crippen LogP contribution in [0.15, 0.2) is 66.7 Å². The number of rotatable bonds is 3. The van der Waals surface area contributed by atoms with E-state index in [1.54, 1.807) is 0 Å². The smallest absolute Gasteiger partial charge is 0.204 e. The van der Waals surface area contributed by atoms with E-state index >= 15 is 0 Å². The number of aryl methyl sites for hydroxylation is 1. The number of tetrazole rings is 1. The predicted octanol–water partition coefficient (Wildman–Crippen LogP) is 4.33. The van der Waals surface area contributed by atoms with E-state index in [-0.39, 0.29) is 0 Å². The van der Waals surface area contributed by atoms with Crippen molar-refractivity contribution in [2.24, 2.45) is 0 Å². The van der Waals surface area contributed by atoms with Crippen LogP contribution in [0.4, 0.5) is 0 Å². The van der Waals surface area contributed by atoms with Crippen molar-refractivity contribution in [1.29, 1.82) is 0 Å². The number of aromatic amines is 1. The third-order valence-corrected chi connectivity index (χ3v) is 4.97. The Hall–Kier alpha value is -3.47. The van der Waals surface area contributed by atoms with Crippen molar-refractivity contribution in [3.63, 3.8) is 0 Å². The number of H-pyrrole nitrogens is 1. The zero-order valence-corrected chi connectivity index (χ0v) is 14.3. The van der Waals surface area contributed by atoms with Crippen molar-refractivity contribution >= 4 is 21.8 Å². The molecule has 0 saturated carbocycles. The van der Waals surface area contributed by atoms with Gasteiger partial charge in [0.15, 0.2) is 0 Å². The van der Waals surface area contributed by atoms with Gasteiger partial charge in [-0.2, -0.15) is 5.21 Å². The molecule has 0 aliphatic rings. The van der Waals surface area contributed by atoms with Gasteiger partial charge in [-0.3, -0.25) is 0 Å². The average Bonchev–Trinajstić information content (AvgIpc) is 3.31. The van der Waals surface area contributed by atoms with Crippen LogP contribution >= 0.6 is 0 Å². The molecule has 0 fully saturated rings. The molecule has 126 valence electrons. The van der Waals surface area contributed by atoms with E-state index in [9.17, 15) is 0 Å². The lowest BCUT2D eigenvalue weighted by molar-refractivity contribution is 0.861. The molecular formula is C21H17N5.